The van der Waals surface area contributed by atoms with E-state index in [1.807, 2.05) is 4.90 Å². The molecule has 1 aliphatic carbocycles. The molecule has 0 saturated carbocycles. The summed E-state index contributed by atoms with van der Waals surface area (Å²) < 4.78 is 1.09. The Labute approximate surface area is 157 Å². The van der Waals surface area contributed by atoms with Gasteiger partial charge in [-0.1, -0.05) is 18.2 Å². The van der Waals surface area contributed by atoms with Crippen molar-refractivity contribution in [3.8, 4) is 0 Å². The van der Waals surface area contributed by atoms with E-state index in [-0.39, 0.29) is 11.8 Å². The Hall–Kier alpha value is -1.59. The summed E-state index contributed by atoms with van der Waals surface area (Å²) in [6.45, 7) is 6.43. The molecule has 2 heterocycles. The molecule has 4 rings (SSSR count). The molecule has 1 amide bonds. The molecular weight excluding hydrogens is 378 g/mol. The summed E-state index contributed by atoms with van der Waals surface area (Å²) in [6.07, 6.45) is 3.22. The molecule has 1 aromatic heterocycles. The maximum absolute atomic E-state index is 12.9. The SMILES string of the molecule is CCN(CC)C(=O)[C@@H]1C=C2c3cccc4[nH]c(Br)c(c34)CC2N(C)C1. The fourth-order valence-electron chi connectivity index (χ4n) is 4.42. The van der Waals surface area contributed by atoms with Gasteiger partial charge in [-0.25, -0.2) is 0 Å². The number of aromatic amines is 1. The molecule has 25 heavy (non-hydrogen) atoms. The van der Waals surface area contributed by atoms with Crippen LogP contribution in [-0.4, -0.2) is 53.4 Å². The highest BCUT2D eigenvalue weighted by atomic mass is 79.9. The second-order valence-electron chi connectivity index (χ2n) is 7.04. The van der Waals surface area contributed by atoms with Gasteiger partial charge in [0.15, 0.2) is 0 Å². The minimum Gasteiger partial charge on any atom is -0.349 e. The van der Waals surface area contributed by atoms with E-state index >= 15 is 0 Å². The molecule has 1 N–H and O–H groups in total. The molecule has 2 aliphatic rings. The van der Waals surface area contributed by atoms with Crippen LogP contribution in [0.2, 0.25) is 0 Å². The lowest BCUT2D eigenvalue weighted by molar-refractivity contribution is -0.134. The Balaban J connectivity index is 1.83. The van der Waals surface area contributed by atoms with Gasteiger partial charge in [-0.2, -0.15) is 0 Å². The predicted molar refractivity (Wildman–Crippen MR) is 106 cm³/mol. The third-order valence-corrected chi connectivity index (χ3v) is 6.41. The van der Waals surface area contributed by atoms with Crippen LogP contribution in [0, 0.1) is 5.92 Å². The molecule has 1 aliphatic heterocycles. The summed E-state index contributed by atoms with van der Waals surface area (Å²) in [5, 5.41) is 1.31. The molecule has 1 unspecified atom stereocenters. The number of nitrogens with one attached hydrogen (secondary N) is 1. The van der Waals surface area contributed by atoms with Crippen molar-refractivity contribution in [2.75, 3.05) is 26.7 Å². The average Bonchev–Trinajstić information content (AvgIpc) is 2.93. The molecular formula is C20H24BrN3O. The van der Waals surface area contributed by atoms with Crippen LogP contribution < -0.4 is 0 Å². The first-order valence-corrected chi connectivity index (χ1v) is 9.84. The van der Waals surface area contributed by atoms with E-state index < -0.39 is 0 Å². The van der Waals surface area contributed by atoms with Gasteiger partial charge < -0.3 is 9.88 Å². The maximum atomic E-state index is 12.9. The highest BCUT2D eigenvalue weighted by Crippen LogP contribution is 2.43. The highest BCUT2D eigenvalue weighted by molar-refractivity contribution is 9.10. The number of benzene rings is 1. The molecule has 0 saturated heterocycles. The lowest BCUT2D eigenvalue weighted by atomic mass is 9.79. The van der Waals surface area contributed by atoms with Crippen LogP contribution in [0.25, 0.3) is 16.5 Å². The predicted octanol–water partition coefficient (Wildman–Crippen LogP) is 3.67. The van der Waals surface area contributed by atoms with Crippen molar-refractivity contribution in [2.24, 2.45) is 5.92 Å². The number of carbonyl (C=O) groups excluding carboxylic acids is 1. The maximum Gasteiger partial charge on any atom is 0.230 e. The zero-order valence-electron chi connectivity index (χ0n) is 15.0. The lowest BCUT2D eigenvalue weighted by Crippen LogP contribution is -2.47. The van der Waals surface area contributed by atoms with Crippen LogP contribution in [0.5, 0.6) is 0 Å². The molecule has 0 bridgehead atoms. The largest absolute Gasteiger partial charge is 0.349 e. The number of likely N-dealkylation sites (N-methyl/N-ethyl adjacent to an activating group) is 1. The number of carbonyl (C=O) groups is 1. The first kappa shape index (κ1) is 16.9. The van der Waals surface area contributed by atoms with Crippen molar-refractivity contribution in [3.05, 3.63) is 40.0 Å². The molecule has 2 atom stereocenters. The van der Waals surface area contributed by atoms with Crippen molar-refractivity contribution in [1.29, 1.82) is 0 Å². The molecule has 4 nitrogen and oxygen atoms in total. The van der Waals surface area contributed by atoms with Crippen LogP contribution in [-0.2, 0) is 11.2 Å². The summed E-state index contributed by atoms with van der Waals surface area (Å²) in [6, 6.07) is 6.76. The topological polar surface area (TPSA) is 39.3 Å². The van der Waals surface area contributed by atoms with E-state index in [0.29, 0.717) is 6.04 Å². The Morgan fingerprint density at radius 1 is 1.36 bits per heavy atom. The van der Waals surface area contributed by atoms with Crippen molar-refractivity contribution in [3.63, 3.8) is 0 Å². The van der Waals surface area contributed by atoms with Crippen molar-refractivity contribution in [1.82, 2.24) is 14.8 Å². The van der Waals surface area contributed by atoms with Crippen LogP contribution in [0.3, 0.4) is 0 Å². The Kier molecular flexibility index (Phi) is 4.24. The number of nitrogens with zero attached hydrogens (tertiary/aromatic N) is 2. The molecule has 2 aromatic rings. The van der Waals surface area contributed by atoms with Gasteiger partial charge in [0.1, 0.15) is 0 Å². The molecule has 0 radical (unpaired) electrons. The van der Waals surface area contributed by atoms with Gasteiger partial charge in [0, 0.05) is 36.6 Å². The quantitative estimate of drug-likeness (QED) is 0.851. The second kappa shape index (κ2) is 6.29. The minimum atomic E-state index is -0.0599. The van der Waals surface area contributed by atoms with Crippen LogP contribution in [0.1, 0.15) is 25.0 Å². The van der Waals surface area contributed by atoms with Crippen LogP contribution >= 0.6 is 15.9 Å². The van der Waals surface area contributed by atoms with Crippen LogP contribution in [0.15, 0.2) is 28.9 Å². The Morgan fingerprint density at radius 2 is 2.12 bits per heavy atom. The van der Waals surface area contributed by atoms with Gasteiger partial charge in [-0.05, 0) is 66.0 Å². The number of amides is 1. The molecule has 132 valence electrons. The van der Waals surface area contributed by atoms with Gasteiger partial charge in [0.05, 0.1) is 10.5 Å². The van der Waals surface area contributed by atoms with E-state index in [4.69, 9.17) is 0 Å². The van der Waals surface area contributed by atoms with Crippen molar-refractivity contribution < 1.29 is 4.79 Å². The number of hydrogen-bond acceptors (Lipinski definition) is 2. The number of aromatic nitrogens is 1. The summed E-state index contributed by atoms with van der Waals surface area (Å²) in [5.41, 5.74) is 5.10. The first-order valence-electron chi connectivity index (χ1n) is 9.05. The average molecular weight is 402 g/mol. The molecule has 0 fully saturated rings. The van der Waals surface area contributed by atoms with Gasteiger partial charge in [-0.15, -0.1) is 0 Å². The Morgan fingerprint density at radius 3 is 2.84 bits per heavy atom. The van der Waals surface area contributed by atoms with E-state index in [2.05, 4.69) is 71.0 Å². The standard InChI is InChI=1S/C20H24BrN3O/c1-4-24(5-2)20(25)12-9-14-13-7-6-8-16-18(13)15(19(21)22-16)10-17(14)23(3)11-12/h6-9,12,17,22H,4-5,10-11H2,1-3H3/t12-,17?/m1/s1. The van der Waals surface area contributed by atoms with Gasteiger partial charge in [-0.3, -0.25) is 9.69 Å². The molecule has 1 aromatic carbocycles. The normalized spacial score (nSPS) is 22.6. The third-order valence-electron chi connectivity index (χ3n) is 5.73. The molecule has 0 spiro atoms. The summed E-state index contributed by atoms with van der Waals surface area (Å²) >= 11 is 3.69. The number of halogens is 1. The second-order valence-corrected chi connectivity index (χ2v) is 7.84. The number of rotatable bonds is 3. The summed E-state index contributed by atoms with van der Waals surface area (Å²) in [7, 11) is 2.14. The smallest absolute Gasteiger partial charge is 0.230 e. The minimum absolute atomic E-state index is 0.0599. The Bertz CT molecular complexity index is 865. The van der Waals surface area contributed by atoms with Crippen molar-refractivity contribution >= 4 is 38.3 Å². The van der Waals surface area contributed by atoms with E-state index in [1.54, 1.807) is 0 Å². The third kappa shape index (κ3) is 2.56. The fourth-order valence-corrected chi connectivity index (χ4v) is 4.99. The fraction of sp³-hybridized carbons (Fsp3) is 0.450. The monoisotopic (exact) mass is 401 g/mol. The molecule has 5 heteroatoms. The first-order chi connectivity index (χ1) is 12.0. The summed E-state index contributed by atoms with van der Waals surface area (Å²) in [5.74, 6) is 0.186. The van der Waals surface area contributed by atoms with Crippen molar-refractivity contribution in [2.45, 2.75) is 26.3 Å². The zero-order valence-corrected chi connectivity index (χ0v) is 16.6. The van der Waals surface area contributed by atoms with E-state index in [1.165, 1.54) is 27.6 Å². The number of fused-ring (bicyclic) bond motifs is 2. The van der Waals surface area contributed by atoms with Gasteiger partial charge >= 0.3 is 0 Å². The zero-order chi connectivity index (χ0) is 17.7. The number of H-pyrrole nitrogens is 1. The van der Waals surface area contributed by atoms with Gasteiger partial charge in [0.25, 0.3) is 0 Å². The van der Waals surface area contributed by atoms with Crippen LogP contribution in [0.4, 0.5) is 0 Å². The van der Waals surface area contributed by atoms with Gasteiger partial charge in [0.2, 0.25) is 5.91 Å². The summed E-state index contributed by atoms with van der Waals surface area (Å²) in [4.78, 5) is 20.7. The number of hydrogen-bond donors (Lipinski definition) is 1. The highest BCUT2D eigenvalue weighted by Gasteiger charge is 2.37. The van der Waals surface area contributed by atoms with E-state index in [0.717, 1.165) is 30.7 Å². The van der Waals surface area contributed by atoms with E-state index in [9.17, 15) is 4.79 Å². The lowest BCUT2D eigenvalue weighted by Gasteiger charge is -2.40.